The SMILES string of the molecule is O=C(O)C1c2ccccc2OCCN1Cc1cc(C2CC2)no1. The first-order valence-corrected chi connectivity index (χ1v) is 7.86. The van der Waals surface area contributed by atoms with Gasteiger partial charge in [-0.25, -0.2) is 0 Å². The zero-order chi connectivity index (χ0) is 15.8. The normalized spacial score (nSPS) is 21.3. The predicted molar refractivity (Wildman–Crippen MR) is 81.2 cm³/mol. The Labute approximate surface area is 133 Å². The van der Waals surface area contributed by atoms with Gasteiger partial charge in [-0.15, -0.1) is 0 Å². The quantitative estimate of drug-likeness (QED) is 0.935. The molecule has 6 heteroatoms. The molecule has 2 aliphatic rings. The number of hydrogen-bond donors (Lipinski definition) is 1. The molecule has 0 bridgehead atoms. The van der Waals surface area contributed by atoms with Gasteiger partial charge < -0.3 is 14.4 Å². The molecular weight excluding hydrogens is 296 g/mol. The fourth-order valence-corrected chi connectivity index (χ4v) is 3.07. The summed E-state index contributed by atoms with van der Waals surface area (Å²) in [4.78, 5) is 13.7. The van der Waals surface area contributed by atoms with Crippen molar-refractivity contribution >= 4 is 5.97 Å². The molecule has 1 aliphatic carbocycles. The molecular formula is C17H18N2O4. The minimum absolute atomic E-state index is 0.411. The van der Waals surface area contributed by atoms with E-state index in [2.05, 4.69) is 5.16 Å². The maximum atomic E-state index is 11.9. The van der Waals surface area contributed by atoms with Crippen LogP contribution in [0.2, 0.25) is 0 Å². The van der Waals surface area contributed by atoms with Gasteiger partial charge in [0.25, 0.3) is 0 Å². The third-order valence-electron chi connectivity index (χ3n) is 4.38. The molecule has 1 N–H and O–H groups in total. The molecule has 120 valence electrons. The number of carboxylic acids is 1. The van der Waals surface area contributed by atoms with Gasteiger partial charge in [0.1, 0.15) is 18.4 Å². The second-order valence-electron chi connectivity index (χ2n) is 6.09. The fraction of sp³-hybridized carbons (Fsp3) is 0.412. The second-order valence-corrected chi connectivity index (χ2v) is 6.09. The van der Waals surface area contributed by atoms with Gasteiger partial charge in [0.05, 0.1) is 12.2 Å². The third kappa shape index (κ3) is 2.82. The lowest BCUT2D eigenvalue weighted by molar-refractivity contribution is -0.143. The van der Waals surface area contributed by atoms with Crippen LogP contribution in [0.4, 0.5) is 0 Å². The summed E-state index contributed by atoms with van der Waals surface area (Å²) in [5.74, 6) is 0.983. The van der Waals surface area contributed by atoms with E-state index in [1.165, 1.54) is 0 Å². The van der Waals surface area contributed by atoms with E-state index in [1.807, 2.05) is 35.2 Å². The number of carboxylic acid groups (broad SMARTS) is 1. The molecule has 1 unspecified atom stereocenters. The number of para-hydroxylation sites is 1. The van der Waals surface area contributed by atoms with Crippen LogP contribution in [-0.2, 0) is 11.3 Å². The topological polar surface area (TPSA) is 75.8 Å². The Hall–Kier alpha value is -2.34. The number of hydrogen-bond acceptors (Lipinski definition) is 5. The van der Waals surface area contributed by atoms with Crippen molar-refractivity contribution in [2.24, 2.45) is 0 Å². The summed E-state index contributed by atoms with van der Waals surface area (Å²) in [7, 11) is 0. The molecule has 0 saturated heterocycles. The number of nitrogens with zero attached hydrogens (tertiary/aromatic N) is 2. The summed E-state index contributed by atoms with van der Waals surface area (Å²) in [6.45, 7) is 1.38. The van der Waals surface area contributed by atoms with E-state index in [4.69, 9.17) is 9.26 Å². The van der Waals surface area contributed by atoms with Crippen molar-refractivity contribution in [3.63, 3.8) is 0 Å². The maximum absolute atomic E-state index is 11.9. The Morgan fingerprint density at radius 1 is 1.35 bits per heavy atom. The standard InChI is InChI=1S/C17H18N2O4/c20-17(21)16-13-3-1-2-4-15(13)22-8-7-19(16)10-12-9-14(18-23-12)11-5-6-11/h1-4,9,11,16H,5-8,10H2,(H,20,21). The van der Waals surface area contributed by atoms with Crippen molar-refractivity contribution in [3.8, 4) is 5.75 Å². The monoisotopic (exact) mass is 314 g/mol. The van der Waals surface area contributed by atoms with Crippen LogP contribution in [0.5, 0.6) is 5.75 Å². The van der Waals surface area contributed by atoms with Gasteiger partial charge in [0.2, 0.25) is 0 Å². The summed E-state index contributed by atoms with van der Waals surface area (Å²) in [5, 5.41) is 13.8. The van der Waals surface area contributed by atoms with Gasteiger partial charge in [0, 0.05) is 24.1 Å². The Bertz CT molecular complexity index is 723. The minimum atomic E-state index is -0.884. The average molecular weight is 314 g/mol. The van der Waals surface area contributed by atoms with Crippen LogP contribution in [0, 0.1) is 0 Å². The zero-order valence-electron chi connectivity index (χ0n) is 12.6. The first kappa shape index (κ1) is 14.3. The largest absolute Gasteiger partial charge is 0.492 e. The van der Waals surface area contributed by atoms with Gasteiger partial charge in [-0.1, -0.05) is 23.4 Å². The van der Waals surface area contributed by atoms with Gasteiger partial charge in [-0.05, 0) is 18.9 Å². The highest BCUT2D eigenvalue weighted by Gasteiger charge is 2.33. The number of rotatable bonds is 4. The van der Waals surface area contributed by atoms with Crippen molar-refractivity contribution in [1.29, 1.82) is 0 Å². The summed E-state index contributed by atoms with van der Waals surface area (Å²) in [6, 6.07) is 8.51. The van der Waals surface area contributed by atoms with Crippen LogP contribution in [0.15, 0.2) is 34.9 Å². The van der Waals surface area contributed by atoms with Crippen molar-refractivity contribution < 1.29 is 19.2 Å². The van der Waals surface area contributed by atoms with Crippen LogP contribution in [0.25, 0.3) is 0 Å². The molecule has 6 nitrogen and oxygen atoms in total. The molecule has 1 saturated carbocycles. The van der Waals surface area contributed by atoms with E-state index < -0.39 is 12.0 Å². The summed E-state index contributed by atoms with van der Waals surface area (Å²) in [6.07, 6.45) is 2.32. The molecule has 1 aliphatic heterocycles. The number of benzene rings is 1. The van der Waals surface area contributed by atoms with E-state index in [9.17, 15) is 9.90 Å². The van der Waals surface area contributed by atoms with E-state index in [-0.39, 0.29) is 0 Å². The predicted octanol–water partition coefficient (Wildman–Crippen LogP) is 2.57. The third-order valence-corrected chi connectivity index (χ3v) is 4.38. The number of ether oxygens (including phenoxy) is 1. The summed E-state index contributed by atoms with van der Waals surface area (Å²) >= 11 is 0. The highest BCUT2D eigenvalue weighted by Crippen LogP contribution is 2.40. The van der Waals surface area contributed by atoms with Gasteiger partial charge in [-0.3, -0.25) is 9.69 Å². The average Bonchev–Trinajstić information content (AvgIpc) is 3.31. The Morgan fingerprint density at radius 3 is 2.96 bits per heavy atom. The molecule has 0 spiro atoms. The van der Waals surface area contributed by atoms with Crippen LogP contribution < -0.4 is 4.74 Å². The first-order valence-electron chi connectivity index (χ1n) is 7.86. The lowest BCUT2D eigenvalue weighted by atomic mass is 10.0. The first-order chi connectivity index (χ1) is 11.2. The van der Waals surface area contributed by atoms with Gasteiger partial charge >= 0.3 is 5.97 Å². The number of aliphatic carboxylic acids is 1. The summed E-state index contributed by atoms with van der Waals surface area (Å²) < 4.78 is 11.1. The highest BCUT2D eigenvalue weighted by atomic mass is 16.5. The fourth-order valence-electron chi connectivity index (χ4n) is 3.07. The lowest BCUT2D eigenvalue weighted by Crippen LogP contribution is -2.34. The van der Waals surface area contributed by atoms with Crippen molar-refractivity contribution in [2.75, 3.05) is 13.2 Å². The van der Waals surface area contributed by atoms with Crippen molar-refractivity contribution in [1.82, 2.24) is 10.1 Å². The molecule has 1 aromatic heterocycles. The Morgan fingerprint density at radius 2 is 2.17 bits per heavy atom. The van der Waals surface area contributed by atoms with Crippen LogP contribution in [0.3, 0.4) is 0 Å². The van der Waals surface area contributed by atoms with E-state index >= 15 is 0 Å². The van der Waals surface area contributed by atoms with E-state index in [0.29, 0.717) is 42.7 Å². The van der Waals surface area contributed by atoms with Crippen LogP contribution in [-0.4, -0.2) is 34.3 Å². The van der Waals surface area contributed by atoms with Crippen LogP contribution in [0.1, 0.15) is 41.8 Å². The molecule has 1 atom stereocenters. The van der Waals surface area contributed by atoms with Gasteiger partial charge in [0.15, 0.2) is 5.76 Å². The zero-order valence-corrected chi connectivity index (χ0v) is 12.6. The smallest absolute Gasteiger partial charge is 0.325 e. The summed E-state index contributed by atoms with van der Waals surface area (Å²) in [5.41, 5.74) is 1.66. The van der Waals surface area contributed by atoms with Crippen LogP contribution >= 0.6 is 0 Å². The number of fused-ring (bicyclic) bond motifs is 1. The van der Waals surface area contributed by atoms with Crippen molar-refractivity contribution in [3.05, 3.63) is 47.3 Å². The molecule has 1 aromatic carbocycles. The Balaban J connectivity index is 1.61. The highest BCUT2D eigenvalue weighted by molar-refractivity contribution is 5.76. The Kier molecular flexibility index (Phi) is 3.53. The van der Waals surface area contributed by atoms with E-state index in [0.717, 1.165) is 18.5 Å². The lowest BCUT2D eigenvalue weighted by Gasteiger charge is -2.25. The molecule has 23 heavy (non-hydrogen) atoms. The molecule has 2 heterocycles. The molecule has 2 aromatic rings. The molecule has 0 radical (unpaired) electrons. The van der Waals surface area contributed by atoms with Gasteiger partial charge in [-0.2, -0.15) is 0 Å². The second kappa shape index (κ2) is 5.70. The maximum Gasteiger partial charge on any atom is 0.325 e. The van der Waals surface area contributed by atoms with Crippen molar-refractivity contribution in [2.45, 2.75) is 31.3 Å². The minimum Gasteiger partial charge on any atom is -0.492 e. The van der Waals surface area contributed by atoms with E-state index in [1.54, 1.807) is 0 Å². The number of aromatic nitrogens is 1. The molecule has 4 rings (SSSR count). The number of carbonyl (C=O) groups is 1. The molecule has 1 fully saturated rings. The molecule has 0 amide bonds.